The van der Waals surface area contributed by atoms with E-state index in [9.17, 15) is 13.6 Å². The zero-order valence-corrected chi connectivity index (χ0v) is 11.2. The van der Waals surface area contributed by atoms with Crippen LogP contribution < -0.4 is 0 Å². The van der Waals surface area contributed by atoms with Gasteiger partial charge in [-0.2, -0.15) is 4.39 Å². The van der Waals surface area contributed by atoms with Crippen LogP contribution in [0.3, 0.4) is 0 Å². The van der Waals surface area contributed by atoms with Crippen LogP contribution in [0.5, 0.6) is 0 Å². The molecule has 0 saturated carbocycles. The van der Waals surface area contributed by atoms with Crippen molar-refractivity contribution >= 4 is 17.2 Å². The van der Waals surface area contributed by atoms with Gasteiger partial charge in [-0.3, -0.25) is 4.79 Å². The van der Waals surface area contributed by atoms with Crippen LogP contribution in [0.4, 0.5) is 8.78 Å². The summed E-state index contributed by atoms with van der Waals surface area (Å²) in [5.41, 5.74) is 0.384. The van der Waals surface area contributed by atoms with Crippen LogP contribution in [0.2, 0.25) is 0 Å². The van der Waals surface area contributed by atoms with Crippen molar-refractivity contribution in [3.8, 4) is 0 Å². The maximum absolute atomic E-state index is 13.5. The minimum Gasteiger partial charge on any atom is -0.336 e. The molecule has 0 unspecified atom stereocenters. The van der Waals surface area contributed by atoms with E-state index in [1.807, 2.05) is 12.3 Å². The standard InChI is InChI=1S/C12H11F2N3OS/c1-7-16-8(6-19-7)5-17(2)12(18)9-3-4-15-11(14)10(9)13/h3-4,6H,5H2,1-2H3. The lowest BCUT2D eigenvalue weighted by Gasteiger charge is -2.16. The monoisotopic (exact) mass is 283 g/mol. The van der Waals surface area contributed by atoms with Gasteiger partial charge in [0.05, 0.1) is 22.8 Å². The Morgan fingerprint density at radius 2 is 2.21 bits per heavy atom. The molecule has 0 aliphatic rings. The first-order valence-corrected chi connectivity index (χ1v) is 6.33. The smallest absolute Gasteiger partial charge is 0.257 e. The van der Waals surface area contributed by atoms with Crippen LogP contribution in [0, 0.1) is 18.7 Å². The second-order valence-electron chi connectivity index (χ2n) is 3.98. The number of rotatable bonds is 3. The summed E-state index contributed by atoms with van der Waals surface area (Å²) in [6.45, 7) is 2.10. The molecule has 0 fully saturated rings. The van der Waals surface area contributed by atoms with Gasteiger partial charge in [0, 0.05) is 18.6 Å². The quantitative estimate of drug-likeness (QED) is 0.813. The molecule has 0 spiro atoms. The van der Waals surface area contributed by atoms with Crippen molar-refractivity contribution < 1.29 is 13.6 Å². The molecule has 0 aliphatic carbocycles. The fourth-order valence-corrected chi connectivity index (χ4v) is 2.19. The van der Waals surface area contributed by atoms with Crippen LogP contribution in [-0.2, 0) is 6.54 Å². The zero-order valence-electron chi connectivity index (χ0n) is 10.4. The predicted molar refractivity (Wildman–Crippen MR) is 66.8 cm³/mol. The molecule has 2 aromatic heterocycles. The Morgan fingerprint density at radius 1 is 1.47 bits per heavy atom. The summed E-state index contributed by atoms with van der Waals surface area (Å²) < 4.78 is 26.4. The van der Waals surface area contributed by atoms with Crippen LogP contribution in [0.25, 0.3) is 0 Å². The lowest BCUT2D eigenvalue weighted by atomic mass is 10.2. The van der Waals surface area contributed by atoms with Crippen LogP contribution >= 0.6 is 11.3 Å². The molecule has 0 bridgehead atoms. The highest BCUT2D eigenvalue weighted by Crippen LogP contribution is 2.14. The Kier molecular flexibility index (Phi) is 3.84. The van der Waals surface area contributed by atoms with Gasteiger partial charge in [-0.05, 0) is 13.0 Å². The third-order valence-electron chi connectivity index (χ3n) is 2.49. The Balaban J connectivity index is 2.17. The summed E-state index contributed by atoms with van der Waals surface area (Å²) in [6, 6.07) is 1.16. The maximum atomic E-state index is 13.5. The molecule has 7 heteroatoms. The van der Waals surface area contributed by atoms with E-state index in [1.54, 1.807) is 0 Å². The summed E-state index contributed by atoms with van der Waals surface area (Å²) in [5, 5.41) is 2.71. The highest BCUT2D eigenvalue weighted by atomic mass is 32.1. The van der Waals surface area contributed by atoms with Crippen molar-refractivity contribution in [2.24, 2.45) is 0 Å². The van der Waals surface area contributed by atoms with Gasteiger partial charge in [-0.1, -0.05) is 0 Å². The molecule has 0 aliphatic heterocycles. The zero-order chi connectivity index (χ0) is 14.0. The first kappa shape index (κ1) is 13.5. The molecule has 2 heterocycles. The van der Waals surface area contributed by atoms with E-state index >= 15 is 0 Å². The number of carbonyl (C=O) groups excluding carboxylic acids is 1. The van der Waals surface area contributed by atoms with Crippen molar-refractivity contribution in [3.63, 3.8) is 0 Å². The number of aromatic nitrogens is 2. The number of thiazole rings is 1. The van der Waals surface area contributed by atoms with E-state index in [0.717, 1.165) is 17.3 Å². The molecule has 4 nitrogen and oxygen atoms in total. The Morgan fingerprint density at radius 3 is 2.84 bits per heavy atom. The number of nitrogens with zero attached hydrogens (tertiary/aromatic N) is 3. The first-order valence-electron chi connectivity index (χ1n) is 5.45. The summed E-state index contributed by atoms with van der Waals surface area (Å²) in [4.78, 5) is 20.6. The SMILES string of the molecule is Cc1nc(CN(C)C(=O)c2ccnc(F)c2F)cs1. The van der Waals surface area contributed by atoms with E-state index < -0.39 is 17.7 Å². The summed E-state index contributed by atoms with van der Waals surface area (Å²) in [6.07, 6.45) is 1.06. The third kappa shape index (κ3) is 2.93. The fourth-order valence-electron chi connectivity index (χ4n) is 1.58. The van der Waals surface area contributed by atoms with Gasteiger partial charge in [0.2, 0.25) is 5.95 Å². The van der Waals surface area contributed by atoms with Gasteiger partial charge in [-0.25, -0.2) is 14.4 Å². The average molecular weight is 283 g/mol. The second kappa shape index (κ2) is 5.40. The van der Waals surface area contributed by atoms with Gasteiger partial charge in [0.15, 0.2) is 5.82 Å². The maximum Gasteiger partial charge on any atom is 0.257 e. The summed E-state index contributed by atoms with van der Waals surface area (Å²) in [7, 11) is 1.51. The van der Waals surface area contributed by atoms with Gasteiger partial charge in [-0.15, -0.1) is 11.3 Å². The molecule has 2 rings (SSSR count). The molecule has 0 saturated heterocycles. The number of hydrogen-bond donors (Lipinski definition) is 0. The number of halogens is 2. The van der Waals surface area contributed by atoms with E-state index in [4.69, 9.17) is 0 Å². The van der Waals surface area contributed by atoms with Gasteiger partial charge in [0.25, 0.3) is 5.91 Å². The lowest BCUT2D eigenvalue weighted by Crippen LogP contribution is -2.27. The van der Waals surface area contributed by atoms with Gasteiger partial charge < -0.3 is 4.90 Å². The van der Waals surface area contributed by atoms with Crippen molar-refractivity contribution in [1.82, 2.24) is 14.9 Å². The fraction of sp³-hybridized carbons (Fsp3) is 0.250. The van der Waals surface area contributed by atoms with Crippen LogP contribution in [0.15, 0.2) is 17.6 Å². The number of hydrogen-bond acceptors (Lipinski definition) is 4. The Hall–Kier alpha value is -1.89. The molecular weight excluding hydrogens is 272 g/mol. The topological polar surface area (TPSA) is 46.1 Å². The molecule has 0 N–H and O–H groups in total. The molecule has 19 heavy (non-hydrogen) atoms. The molecule has 0 aromatic carbocycles. The second-order valence-corrected chi connectivity index (χ2v) is 5.04. The third-order valence-corrected chi connectivity index (χ3v) is 3.31. The molecule has 2 aromatic rings. The number of aryl methyl sites for hydroxylation is 1. The molecular formula is C12H11F2N3OS. The van der Waals surface area contributed by atoms with Crippen molar-refractivity contribution in [2.45, 2.75) is 13.5 Å². The highest BCUT2D eigenvalue weighted by molar-refractivity contribution is 7.09. The summed E-state index contributed by atoms with van der Waals surface area (Å²) >= 11 is 1.47. The van der Waals surface area contributed by atoms with Gasteiger partial charge in [0.1, 0.15) is 0 Å². The van der Waals surface area contributed by atoms with Crippen LogP contribution in [0.1, 0.15) is 21.1 Å². The van der Waals surface area contributed by atoms with E-state index in [1.165, 1.54) is 23.3 Å². The average Bonchev–Trinajstić information content (AvgIpc) is 2.77. The van der Waals surface area contributed by atoms with E-state index in [0.29, 0.717) is 5.69 Å². The molecule has 0 atom stereocenters. The summed E-state index contributed by atoms with van der Waals surface area (Å²) in [5.74, 6) is -3.11. The molecule has 1 amide bonds. The molecule has 0 radical (unpaired) electrons. The van der Waals surface area contributed by atoms with E-state index in [2.05, 4.69) is 9.97 Å². The minimum absolute atomic E-state index is 0.243. The van der Waals surface area contributed by atoms with Crippen molar-refractivity contribution in [3.05, 3.63) is 45.7 Å². The molecule has 100 valence electrons. The van der Waals surface area contributed by atoms with Crippen molar-refractivity contribution in [1.29, 1.82) is 0 Å². The van der Waals surface area contributed by atoms with Crippen molar-refractivity contribution in [2.75, 3.05) is 7.05 Å². The largest absolute Gasteiger partial charge is 0.336 e. The number of amides is 1. The van der Waals surface area contributed by atoms with Gasteiger partial charge >= 0.3 is 0 Å². The minimum atomic E-state index is -1.27. The first-order chi connectivity index (χ1) is 8.99. The highest BCUT2D eigenvalue weighted by Gasteiger charge is 2.20. The van der Waals surface area contributed by atoms with Crippen LogP contribution in [-0.4, -0.2) is 27.8 Å². The predicted octanol–water partition coefficient (Wildman–Crippen LogP) is 2.40. The number of pyridine rings is 1. The normalized spacial score (nSPS) is 10.5. The number of carbonyl (C=O) groups is 1. The Labute approximate surface area is 112 Å². The lowest BCUT2D eigenvalue weighted by molar-refractivity contribution is 0.0777. The Bertz CT molecular complexity index is 615. The van der Waals surface area contributed by atoms with E-state index in [-0.39, 0.29) is 12.1 Å².